The molecule has 3 rings (SSSR count). The molecule has 0 heterocycles. The van der Waals surface area contributed by atoms with Gasteiger partial charge in [0.15, 0.2) is 0 Å². The van der Waals surface area contributed by atoms with Crippen molar-refractivity contribution in [2.45, 2.75) is 38.1 Å². The molecule has 0 radical (unpaired) electrons. The first-order chi connectivity index (χ1) is 15.7. The van der Waals surface area contributed by atoms with E-state index in [1.54, 1.807) is 55.6 Å². The van der Waals surface area contributed by atoms with Crippen LogP contribution in [0.25, 0.3) is 0 Å². The Bertz CT molecular complexity index is 1240. The van der Waals surface area contributed by atoms with Crippen molar-refractivity contribution in [2.75, 3.05) is 18.5 Å². The van der Waals surface area contributed by atoms with E-state index in [9.17, 15) is 13.2 Å². The fourth-order valence-electron chi connectivity index (χ4n) is 3.63. The van der Waals surface area contributed by atoms with Crippen molar-refractivity contribution in [1.82, 2.24) is 5.32 Å². The Morgan fingerprint density at radius 1 is 1.03 bits per heavy atom. The van der Waals surface area contributed by atoms with Gasteiger partial charge in [0.05, 0.1) is 23.7 Å². The standard InChI is InChI=1S/C26H30N2O4S/c1-6-24(20-12-15-25(32-5)19(3)16-20)27-26(29)21-8-7-9-22(17-21)28(4)33(30,31)23-13-10-18(2)11-14-23/h7-17,24H,6H2,1-5H3,(H,27,29)/t24-/m0/s1. The molecule has 33 heavy (non-hydrogen) atoms. The zero-order chi connectivity index (χ0) is 24.2. The van der Waals surface area contributed by atoms with Gasteiger partial charge in [0.2, 0.25) is 0 Å². The molecule has 0 fully saturated rings. The molecule has 0 bridgehead atoms. The number of amides is 1. The van der Waals surface area contributed by atoms with Crippen molar-refractivity contribution in [3.05, 3.63) is 89.0 Å². The predicted octanol–water partition coefficient (Wildman–Crippen LogP) is 5.02. The lowest BCUT2D eigenvalue weighted by Crippen LogP contribution is -2.29. The van der Waals surface area contributed by atoms with Crippen LogP contribution in [0.4, 0.5) is 5.69 Å². The van der Waals surface area contributed by atoms with Gasteiger partial charge in [-0.25, -0.2) is 8.42 Å². The Kier molecular flexibility index (Phi) is 7.43. The number of hydrogen-bond donors (Lipinski definition) is 1. The molecule has 1 amide bonds. The summed E-state index contributed by atoms with van der Waals surface area (Å²) in [5, 5.41) is 3.06. The van der Waals surface area contributed by atoms with Crippen LogP contribution >= 0.6 is 0 Å². The summed E-state index contributed by atoms with van der Waals surface area (Å²) < 4.78 is 32.6. The van der Waals surface area contributed by atoms with Crippen LogP contribution in [0, 0.1) is 13.8 Å². The molecule has 174 valence electrons. The van der Waals surface area contributed by atoms with Crippen LogP contribution in [0.2, 0.25) is 0 Å². The Balaban J connectivity index is 1.82. The first-order valence-corrected chi connectivity index (χ1v) is 12.2. The number of anilines is 1. The second-order valence-corrected chi connectivity index (χ2v) is 9.97. The molecular weight excluding hydrogens is 436 g/mol. The molecule has 0 saturated heterocycles. The van der Waals surface area contributed by atoms with E-state index < -0.39 is 10.0 Å². The van der Waals surface area contributed by atoms with Gasteiger partial charge in [0.25, 0.3) is 15.9 Å². The minimum atomic E-state index is -3.74. The third kappa shape index (κ3) is 5.37. The van der Waals surface area contributed by atoms with Crippen molar-refractivity contribution in [3.8, 4) is 5.75 Å². The van der Waals surface area contributed by atoms with Crippen LogP contribution < -0.4 is 14.4 Å². The fraction of sp³-hybridized carbons (Fsp3) is 0.269. The summed E-state index contributed by atoms with van der Waals surface area (Å²) in [5.74, 6) is 0.531. The van der Waals surface area contributed by atoms with Crippen molar-refractivity contribution < 1.29 is 17.9 Å². The first kappa shape index (κ1) is 24.3. The van der Waals surface area contributed by atoms with E-state index in [-0.39, 0.29) is 16.8 Å². The van der Waals surface area contributed by atoms with Crippen LogP contribution in [0.1, 0.15) is 46.4 Å². The third-order valence-corrected chi connectivity index (χ3v) is 7.49. The largest absolute Gasteiger partial charge is 0.496 e. The second-order valence-electron chi connectivity index (χ2n) is 8.00. The number of ether oxygens (including phenoxy) is 1. The number of carbonyl (C=O) groups excluding carboxylic acids is 1. The highest BCUT2D eigenvalue weighted by molar-refractivity contribution is 7.92. The molecule has 0 spiro atoms. The average molecular weight is 467 g/mol. The lowest BCUT2D eigenvalue weighted by atomic mass is 10.0. The lowest BCUT2D eigenvalue weighted by molar-refractivity contribution is 0.0935. The lowest BCUT2D eigenvalue weighted by Gasteiger charge is -2.21. The van der Waals surface area contributed by atoms with Gasteiger partial charge in [0, 0.05) is 12.6 Å². The normalized spacial score (nSPS) is 12.2. The van der Waals surface area contributed by atoms with Crippen LogP contribution in [-0.2, 0) is 10.0 Å². The highest BCUT2D eigenvalue weighted by Gasteiger charge is 2.22. The monoisotopic (exact) mass is 466 g/mol. The summed E-state index contributed by atoms with van der Waals surface area (Å²) in [4.78, 5) is 13.2. The number of nitrogens with zero attached hydrogens (tertiary/aromatic N) is 1. The summed E-state index contributed by atoms with van der Waals surface area (Å²) in [6.45, 7) is 5.87. The Morgan fingerprint density at radius 3 is 2.33 bits per heavy atom. The smallest absolute Gasteiger partial charge is 0.264 e. The van der Waals surface area contributed by atoms with Gasteiger partial charge in [-0.1, -0.05) is 42.8 Å². The van der Waals surface area contributed by atoms with Gasteiger partial charge in [0.1, 0.15) is 5.75 Å². The van der Waals surface area contributed by atoms with Crippen LogP contribution in [0.15, 0.2) is 71.6 Å². The molecule has 0 saturated carbocycles. The maximum absolute atomic E-state index is 13.0. The van der Waals surface area contributed by atoms with Crippen molar-refractivity contribution in [1.29, 1.82) is 0 Å². The topological polar surface area (TPSA) is 75.7 Å². The summed E-state index contributed by atoms with van der Waals surface area (Å²) in [5.41, 5.74) is 3.76. The molecule has 7 heteroatoms. The third-order valence-electron chi connectivity index (χ3n) is 5.69. The van der Waals surface area contributed by atoms with E-state index in [1.807, 2.05) is 39.0 Å². The molecule has 1 N–H and O–H groups in total. The highest BCUT2D eigenvalue weighted by atomic mass is 32.2. The molecule has 3 aromatic carbocycles. The van der Waals surface area contributed by atoms with Crippen molar-refractivity contribution in [2.24, 2.45) is 0 Å². The summed E-state index contributed by atoms with van der Waals surface area (Å²) >= 11 is 0. The van der Waals surface area contributed by atoms with E-state index in [2.05, 4.69) is 5.32 Å². The predicted molar refractivity (Wildman–Crippen MR) is 131 cm³/mol. The Hall–Kier alpha value is -3.32. The van der Waals surface area contributed by atoms with Gasteiger partial charge >= 0.3 is 0 Å². The summed E-state index contributed by atoms with van der Waals surface area (Å²) in [7, 11) is -0.627. The molecule has 0 aromatic heterocycles. The number of nitrogens with one attached hydrogen (secondary N) is 1. The fourth-order valence-corrected chi connectivity index (χ4v) is 4.82. The number of sulfonamides is 1. The van der Waals surface area contributed by atoms with E-state index in [1.165, 1.54) is 11.4 Å². The number of methoxy groups -OCH3 is 1. The number of benzene rings is 3. The van der Waals surface area contributed by atoms with Gasteiger partial charge < -0.3 is 10.1 Å². The zero-order valence-electron chi connectivity index (χ0n) is 19.6. The molecule has 0 unspecified atom stereocenters. The molecule has 0 aliphatic carbocycles. The maximum atomic E-state index is 13.0. The van der Waals surface area contributed by atoms with Crippen molar-refractivity contribution >= 4 is 21.6 Å². The quantitative estimate of drug-likeness (QED) is 0.506. The molecule has 3 aromatic rings. The summed E-state index contributed by atoms with van der Waals surface area (Å²) in [6, 6.07) is 19.0. The highest BCUT2D eigenvalue weighted by Crippen LogP contribution is 2.26. The van der Waals surface area contributed by atoms with Crippen molar-refractivity contribution in [3.63, 3.8) is 0 Å². The summed E-state index contributed by atoms with van der Waals surface area (Å²) in [6.07, 6.45) is 0.707. The number of rotatable bonds is 8. The van der Waals surface area contributed by atoms with Gasteiger partial charge in [-0.05, 0) is 67.8 Å². The minimum Gasteiger partial charge on any atom is -0.496 e. The Labute approximate surface area is 196 Å². The zero-order valence-corrected chi connectivity index (χ0v) is 20.4. The SMILES string of the molecule is CC[C@H](NC(=O)c1cccc(N(C)S(=O)(=O)c2ccc(C)cc2)c1)c1ccc(OC)c(C)c1. The molecule has 1 atom stereocenters. The number of hydrogen-bond acceptors (Lipinski definition) is 4. The number of aryl methyl sites for hydroxylation is 2. The van der Waals surface area contributed by atoms with E-state index in [0.29, 0.717) is 17.7 Å². The van der Waals surface area contributed by atoms with Crippen LogP contribution in [0.3, 0.4) is 0 Å². The van der Waals surface area contributed by atoms with Crippen LogP contribution in [0.5, 0.6) is 5.75 Å². The molecule has 0 aliphatic rings. The minimum absolute atomic E-state index is 0.181. The number of carbonyl (C=O) groups is 1. The molecule has 0 aliphatic heterocycles. The second kappa shape index (κ2) is 10.1. The van der Waals surface area contributed by atoms with Gasteiger partial charge in [-0.15, -0.1) is 0 Å². The van der Waals surface area contributed by atoms with E-state index in [4.69, 9.17) is 4.74 Å². The maximum Gasteiger partial charge on any atom is 0.264 e. The van der Waals surface area contributed by atoms with E-state index in [0.717, 1.165) is 22.4 Å². The molecular formula is C26H30N2O4S. The van der Waals surface area contributed by atoms with Gasteiger partial charge in [-0.2, -0.15) is 0 Å². The first-order valence-electron chi connectivity index (χ1n) is 10.8. The Morgan fingerprint density at radius 2 is 1.73 bits per heavy atom. The average Bonchev–Trinajstić information content (AvgIpc) is 2.82. The van der Waals surface area contributed by atoms with Crippen LogP contribution in [-0.4, -0.2) is 28.5 Å². The van der Waals surface area contributed by atoms with Gasteiger partial charge in [-0.3, -0.25) is 9.10 Å². The van der Waals surface area contributed by atoms with E-state index >= 15 is 0 Å². The molecule has 6 nitrogen and oxygen atoms in total.